The van der Waals surface area contributed by atoms with Crippen LogP contribution in [0.4, 0.5) is 0 Å². The fraction of sp³-hybridized carbons (Fsp3) is 0.323. The molecule has 0 aliphatic rings. The number of carboxylic acid groups (broad SMARTS) is 1. The molecule has 0 fully saturated rings. The molecule has 0 aliphatic carbocycles. The number of carboxylic acids is 1. The number of para-hydroxylation sites is 2. The summed E-state index contributed by atoms with van der Waals surface area (Å²) in [5.41, 5.74) is 14.3. The molecule has 14 heteroatoms. The Kier molecular flexibility index (Phi) is 11.2. The van der Waals surface area contributed by atoms with E-state index < -0.39 is 60.2 Å². The Hall–Kier alpha value is -4.82. The zero-order valence-electron chi connectivity index (χ0n) is 24.7. The van der Waals surface area contributed by atoms with Crippen LogP contribution in [-0.2, 0) is 36.8 Å². The summed E-state index contributed by atoms with van der Waals surface area (Å²) in [4.78, 5) is 70.3. The maximum atomic E-state index is 13.7. The lowest BCUT2D eigenvalue weighted by Crippen LogP contribution is -2.58. The van der Waals surface area contributed by atoms with E-state index in [0.717, 1.165) is 21.8 Å². The zero-order valence-corrected chi connectivity index (χ0v) is 25.5. The normalized spacial score (nSPS) is 13.9. The minimum absolute atomic E-state index is 0.0207. The first kappa shape index (κ1) is 33.1. The molecule has 4 atom stereocenters. The largest absolute Gasteiger partial charge is 0.480 e. The number of aromatic amines is 2. The first-order valence-corrected chi connectivity index (χ1v) is 15.7. The molecular formula is C31H37N7O6S. The number of aromatic nitrogens is 2. The van der Waals surface area contributed by atoms with Gasteiger partial charge in [-0.05, 0) is 41.7 Å². The first-order chi connectivity index (χ1) is 21.6. The summed E-state index contributed by atoms with van der Waals surface area (Å²) in [5, 5.41) is 19.3. The van der Waals surface area contributed by atoms with Crippen LogP contribution in [0.25, 0.3) is 21.8 Å². The van der Waals surface area contributed by atoms with Crippen molar-refractivity contribution in [2.75, 3.05) is 12.0 Å². The Balaban J connectivity index is 1.58. The molecule has 13 nitrogen and oxygen atoms in total. The lowest BCUT2D eigenvalue weighted by Gasteiger charge is -2.25. The van der Waals surface area contributed by atoms with Gasteiger partial charge in [-0.1, -0.05) is 36.4 Å². The molecular weight excluding hydrogens is 598 g/mol. The van der Waals surface area contributed by atoms with Gasteiger partial charge in [-0.2, -0.15) is 11.8 Å². The smallest absolute Gasteiger partial charge is 0.326 e. The number of H-pyrrole nitrogens is 2. The summed E-state index contributed by atoms with van der Waals surface area (Å²) in [6, 6.07) is 9.83. The number of benzene rings is 2. The van der Waals surface area contributed by atoms with Crippen LogP contribution in [0.3, 0.4) is 0 Å². The summed E-state index contributed by atoms with van der Waals surface area (Å²) in [6.45, 7) is 0. The SMILES string of the molecule is CSCCC(N)C(=O)NC(CC(N)=O)C(=O)NC(Cc1c[nH]c2ccccc12)C(=O)NC(Cc1c[nH]c2ccccc12)C(=O)O. The molecule has 0 saturated carbocycles. The molecule has 0 bridgehead atoms. The Morgan fingerprint density at radius 1 is 0.778 bits per heavy atom. The van der Waals surface area contributed by atoms with Crippen LogP contribution in [0.15, 0.2) is 60.9 Å². The van der Waals surface area contributed by atoms with Crippen LogP contribution in [0.1, 0.15) is 24.0 Å². The molecule has 0 radical (unpaired) electrons. The van der Waals surface area contributed by atoms with Gasteiger partial charge in [0.15, 0.2) is 0 Å². The minimum atomic E-state index is -1.41. The molecule has 0 aliphatic heterocycles. The average molecular weight is 636 g/mol. The lowest BCUT2D eigenvalue weighted by atomic mass is 10.0. The van der Waals surface area contributed by atoms with Gasteiger partial charge in [0.25, 0.3) is 0 Å². The van der Waals surface area contributed by atoms with Crippen LogP contribution >= 0.6 is 11.8 Å². The zero-order chi connectivity index (χ0) is 32.5. The van der Waals surface area contributed by atoms with Gasteiger partial charge >= 0.3 is 5.97 Å². The highest BCUT2D eigenvalue weighted by Gasteiger charge is 2.32. The standard InChI is InChI=1S/C31H37N7O6S/c1-45-11-10-21(32)28(40)36-25(14-27(33)39)30(42)37-24(12-17-15-34-22-8-4-2-6-19(17)22)29(41)38-26(31(43)44)13-18-16-35-23-9-5-3-7-20(18)23/h2-9,15-16,21,24-26,34-35H,10-14,32H2,1H3,(H2,33,39)(H,36,40)(H,37,42)(H,38,41)(H,43,44). The number of hydrogen-bond acceptors (Lipinski definition) is 7. The van der Waals surface area contributed by atoms with Gasteiger partial charge in [0.1, 0.15) is 18.1 Å². The number of nitrogens with one attached hydrogen (secondary N) is 5. The Morgan fingerprint density at radius 2 is 1.27 bits per heavy atom. The molecule has 4 rings (SSSR count). The molecule has 2 aromatic carbocycles. The lowest BCUT2D eigenvalue weighted by molar-refractivity contribution is -0.142. The van der Waals surface area contributed by atoms with E-state index in [1.165, 1.54) is 11.8 Å². The minimum Gasteiger partial charge on any atom is -0.480 e. The summed E-state index contributed by atoms with van der Waals surface area (Å²) in [7, 11) is 0. The molecule has 4 amide bonds. The van der Waals surface area contributed by atoms with Crippen LogP contribution in [0.2, 0.25) is 0 Å². The number of amides is 4. The van der Waals surface area contributed by atoms with Crippen molar-refractivity contribution in [3.63, 3.8) is 0 Å². The van der Waals surface area contributed by atoms with Crippen molar-refractivity contribution in [2.45, 2.75) is 49.9 Å². The Labute approximate surface area is 263 Å². The molecule has 2 heterocycles. The second-order valence-electron chi connectivity index (χ2n) is 10.7. The van der Waals surface area contributed by atoms with Gasteiger partial charge in [-0.3, -0.25) is 19.2 Å². The third-order valence-corrected chi connectivity index (χ3v) is 8.10. The highest BCUT2D eigenvalue weighted by atomic mass is 32.2. The monoisotopic (exact) mass is 635 g/mol. The summed E-state index contributed by atoms with van der Waals surface area (Å²) < 4.78 is 0. The molecule has 2 aromatic heterocycles. The van der Waals surface area contributed by atoms with E-state index in [9.17, 15) is 29.1 Å². The maximum Gasteiger partial charge on any atom is 0.326 e. The van der Waals surface area contributed by atoms with E-state index in [-0.39, 0.29) is 12.8 Å². The number of nitrogens with two attached hydrogens (primary N) is 2. The van der Waals surface area contributed by atoms with Crippen molar-refractivity contribution >= 4 is 63.2 Å². The number of carbonyl (C=O) groups is 5. The van der Waals surface area contributed by atoms with E-state index in [0.29, 0.717) is 23.3 Å². The van der Waals surface area contributed by atoms with E-state index in [4.69, 9.17) is 11.5 Å². The highest BCUT2D eigenvalue weighted by Crippen LogP contribution is 2.21. The Bertz CT molecular complexity index is 1680. The predicted octanol–water partition coefficient (Wildman–Crippen LogP) is 0.929. The number of primary amides is 1. The van der Waals surface area contributed by atoms with Gasteiger partial charge in [-0.25, -0.2) is 4.79 Å². The van der Waals surface area contributed by atoms with Crippen LogP contribution < -0.4 is 27.4 Å². The third kappa shape index (κ3) is 8.64. The molecule has 0 saturated heterocycles. The molecule has 10 N–H and O–H groups in total. The first-order valence-electron chi connectivity index (χ1n) is 14.3. The molecule has 45 heavy (non-hydrogen) atoms. The van der Waals surface area contributed by atoms with E-state index >= 15 is 0 Å². The van der Waals surface area contributed by atoms with Crippen LogP contribution in [-0.4, -0.2) is 80.8 Å². The maximum absolute atomic E-state index is 13.7. The van der Waals surface area contributed by atoms with Gasteiger partial charge in [0.2, 0.25) is 23.6 Å². The fourth-order valence-corrected chi connectivity index (χ4v) is 5.55. The van der Waals surface area contributed by atoms with Gasteiger partial charge in [-0.15, -0.1) is 0 Å². The summed E-state index contributed by atoms with van der Waals surface area (Å²) >= 11 is 1.50. The molecule has 4 aromatic rings. The summed E-state index contributed by atoms with van der Waals surface area (Å²) in [6.07, 6.45) is 5.02. The van der Waals surface area contributed by atoms with Gasteiger partial charge < -0.3 is 42.5 Å². The van der Waals surface area contributed by atoms with Crippen molar-refractivity contribution < 1.29 is 29.1 Å². The number of carbonyl (C=O) groups excluding carboxylic acids is 4. The summed E-state index contributed by atoms with van der Waals surface area (Å²) in [5.74, 6) is -3.76. The van der Waals surface area contributed by atoms with E-state index in [2.05, 4.69) is 25.9 Å². The van der Waals surface area contributed by atoms with Crippen molar-refractivity contribution in [3.8, 4) is 0 Å². The van der Waals surface area contributed by atoms with Crippen LogP contribution in [0, 0.1) is 0 Å². The fourth-order valence-electron chi connectivity index (χ4n) is 5.06. The van der Waals surface area contributed by atoms with Crippen LogP contribution in [0.5, 0.6) is 0 Å². The van der Waals surface area contributed by atoms with Gasteiger partial charge in [0.05, 0.1) is 12.5 Å². The quantitative estimate of drug-likeness (QED) is 0.0882. The predicted molar refractivity (Wildman–Crippen MR) is 172 cm³/mol. The molecule has 0 spiro atoms. The number of aliphatic carboxylic acids is 1. The number of hydrogen-bond donors (Lipinski definition) is 8. The van der Waals surface area contributed by atoms with Gasteiger partial charge in [0, 0.05) is 47.0 Å². The van der Waals surface area contributed by atoms with Crippen molar-refractivity contribution in [2.24, 2.45) is 11.5 Å². The third-order valence-electron chi connectivity index (χ3n) is 7.45. The molecule has 238 valence electrons. The van der Waals surface area contributed by atoms with Crippen molar-refractivity contribution in [3.05, 3.63) is 72.1 Å². The number of rotatable bonds is 16. The van der Waals surface area contributed by atoms with E-state index in [1.807, 2.05) is 54.8 Å². The van der Waals surface area contributed by atoms with E-state index in [1.54, 1.807) is 12.4 Å². The second kappa shape index (κ2) is 15.3. The topological polar surface area (TPSA) is 225 Å². The van der Waals surface area contributed by atoms with Crippen molar-refractivity contribution in [1.82, 2.24) is 25.9 Å². The van der Waals surface area contributed by atoms with Crippen molar-refractivity contribution in [1.29, 1.82) is 0 Å². The molecule has 4 unspecified atom stereocenters. The second-order valence-corrected chi connectivity index (χ2v) is 11.7. The highest BCUT2D eigenvalue weighted by molar-refractivity contribution is 7.98. The average Bonchev–Trinajstić information content (AvgIpc) is 3.62. The Morgan fingerprint density at radius 3 is 1.80 bits per heavy atom. The number of thioether (sulfide) groups is 1. The number of fused-ring (bicyclic) bond motifs is 2.